The third-order valence-electron chi connectivity index (χ3n) is 2.98. The lowest BCUT2D eigenvalue weighted by Crippen LogP contribution is -2.08. The molecule has 0 heterocycles. The van der Waals surface area contributed by atoms with Gasteiger partial charge in [0.1, 0.15) is 17.3 Å². The van der Waals surface area contributed by atoms with E-state index in [1.165, 1.54) is 12.1 Å². The van der Waals surface area contributed by atoms with Crippen molar-refractivity contribution in [1.29, 1.82) is 0 Å². The SMILES string of the molecule is COc1ccccc1CC(=O)Cc1cc(F)ccc1Br. The first-order chi connectivity index (χ1) is 9.60. The maximum Gasteiger partial charge on any atom is 0.141 e. The predicted molar refractivity (Wildman–Crippen MR) is 79.5 cm³/mol. The number of hydrogen-bond donors (Lipinski definition) is 0. The Morgan fingerprint density at radius 2 is 1.85 bits per heavy atom. The van der Waals surface area contributed by atoms with Crippen LogP contribution in [0.4, 0.5) is 4.39 Å². The minimum atomic E-state index is -0.340. The first-order valence-electron chi connectivity index (χ1n) is 6.17. The second-order valence-electron chi connectivity index (χ2n) is 4.44. The van der Waals surface area contributed by atoms with Gasteiger partial charge in [0.05, 0.1) is 7.11 Å². The quantitative estimate of drug-likeness (QED) is 0.826. The highest BCUT2D eigenvalue weighted by Crippen LogP contribution is 2.21. The van der Waals surface area contributed by atoms with Crippen molar-refractivity contribution in [3.8, 4) is 5.75 Å². The molecule has 0 amide bonds. The zero-order valence-electron chi connectivity index (χ0n) is 11.0. The summed E-state index contributed by atoms with van der Waals surface area (Å²) in [7, 11) is 1.58. The van der Waals surface area contributed by atoms with Crippen LogP contribution in [0.3, 0.4) is 0 Å². The largest absolute Gasteiger partial charge is 0.496 e. The van der Waals surface area contributed by atoms with Crippen molar-refractivity contribution in [2.24, 2.45) is 0 Å². The fraction of sp³-hybridized carbons (Fsp3) is 0.188. The van der Waals surface area contributed by atoms with Crippen molar-refractivity contribution < 1.29 is 13.9 Å². The highest BCUT2D eigenvalue weighted by Gasteiger charge is 2.11. The number of halogens is 2. The Kier molecular flexibility index (Phi) is 4.90. The van der Waals surface area contributed by atoms with E-state index in [1.54, 1.807) is 13.2 Å². The van der Waals surface area contributed by atoms with Crippen LogP contribution in [0.1, 0.15) is 11.1 Å². The lowest BCUT2D eigenvalue weighted by Gasteiger charge is -2.08. The summed E-state index contributed by atoms with van der Waals surface area (Å²) in [5.74, 6) is 0.369. The van der Waals surface area contributed by atoms with E-state index < -0.39 is 0 Å². The van der Waals surface area contributed by atoms with Gasteiger partial charge in [0.2, 0.25) is 0 Å². The molecule has 0 aromatic heterocycles. The number of ether oxygens (including phenoxy) is 1. The zero-order chi connectivity index (χ0) is 14.5. The number of benzene rings is 2. The Hall–Kier alpha value is -1.68. The third kappa shape index (κ3) is 3.67. The summed E-state index contributed by atoms with van der Waals surface area (Å²) in [5, 5.41) is 0. The zero-order valence-corrected chi connectivity index (χ0v) is 12.6. The molecular formula is C16H14BrFO2. The van der Waals surface area contributed by atoms with Crippen molar-refractivity contribution in [2.45, 2.75) is 12.8 Å². The van der Waals surface area contributed by atoms with Crippen LogP contribution < -0.4 is 4.74 Å². The van der Waals surface area contributed by atoms with Gasteiger partial charge < -0.3 is 4.74 Å². The lowest BCUT2D eigenvalue weighted by molar-refractivity contribution is -0.117. The molecule has 0 saturated heterocycles. The van der Waals surface area contributed by atoms with Gasteiger partial charge in [0.15, 0.2) is 0 Å². The fourth-order valence-electron chi connectivity index (χ4n) is 2.02. The number of carbonyl (C=O) groups is 1. The van der Waals surface area contributed by atoms with Crippen molar-refractivity contribution >= 4 is 21.7 Å². The molecule has 2 aromatic rings. The molecule has 0 radical (unpaired) electrons. The fourth-order valence-corrected chi connectivity index (χ4v) is 2.40. The Labute approximate surface area is 125 Å². The van der Waals surface area contributed by atoms with Crippen LogP contribution in [0.2, 0.25) is 0 Å². The highest BCUT2D eigenvalue weighted by atomic mass is 79.9. The molecule has 0 aliphatic heterocycles. The highest BCUT2D eigenvalue weighted by molar-refractivity contribution is 9.10. The van der Waals surface area contributed by atoms with Gasteiger partial charge in [-0.15, -0.1) is 0 Å². The molecule has 2 nitrogen and oxygen atoms in total. The standard InChI is InChI=1S/C16H14BrFO2/c1-20-16-5-3-2-4-11(16)9-14(19)10-12-8-13(18)6-7-15(12)17/h2-8H,9-10H2,1H3. The lowest BCUT2D eigenvalue weighted by atomic mass is 10.0. The summed E-state index contributed by atoms with van der Waals surface area (Å²) in [5.41, 5.74) is 1.50. The van der Waals surface area contributed by atoms with Crippen LogP contribution in [0, 0.1) is 5.82 Å². The molecular weight excluding hydrogens is 323 g/mol. The molecule has 0 aliphatic carbocycles. The van der Waals surface area contributed by atoms with Crippen molar-refractivity contribution in [2.75, 3.05) is 7.11 Å². The Bertz CT molecular complexity index is 626. The number of Topliss-reactive ketones (excluding diaryl/α,β-unsaturated/α-hetero) is 1. The van der Waals surface area contributed by atoms with E-state index in [9.17, 15) is 9.18 Å². The minimum absolute atomic E-state index is 0.0146. The van der Waals surface area contributed by atoms with E-state index in [1.807, 2.05) is 24.3 Å². The van der Waals surface area contributed by atoms with Gasteiger partial charge in [0, 0.05) is 22.9 Å². The van der Waals surface area contributed by atoms with E-state index in [2.05, 4.69) is 15.9 Å². The molecule has 0 atom stereocenters. The average Bonchev–Trinajstić information content (AvgIpc) is 2.43. The van der Waals surface area contributed by atoms with Gasteiger partial charge in [-0.1, -0.05) is 34.1 Å². The summed E-state index contributed by atoms with van der Waals surface area (Å²) >= 11 is 3.33. The summed E-state index contributed by atoms with van der Waals surface area (Å²) in [6.07, 6.45) is 0.462. The van der Waals surface area contributed by atoms with Gasteiger partial charge in [0.25, 0.3) is 0 Å². The van der Waals surface area contributed by atoms with Crippen molar-refractivity contribution in [3.63, 3.8) is 0 Å². The molecule has 2 aromatic carbocycles. The number of para-hydroxylation sites is 1. The Morgan fingerprint density at radius 1 is 1.15 bits per heavy atom. The molecule has 0 fully saturated rings. The van der Waals surface area contributed by atoms with E-state index in [0.29, 0.717) is 11.3 Å². The molecule has 4 heteroatoms. The number of ketones is 1. The number of methoxy groups -OCH3 is 1. The normalized spacial score (nSPS) is 10.3. The molecule has 0 aliphatic rings. The molecule has 0 N–H and O–H groups in total. The number of hydrogen-bond acceptors (Lipinski definition) is 2. The van der Waals surface area contributed by atoms with E-state index in [-0.39, 0.29) is 24.4 Å². The molecule has 0 unspecified atom stereocenters. The number of carbonyl (C=O) groups excluding carboxylic acids is 1. The Balaban J connectivity index is 2.11. The maximum atomic E-state index is 13.2. The smallest absolute Gasteiger partial charge is 0.141 e. The van der Waals surface area contributed by atoms with Crippen molar-refractivity contribution in [3.05, 3.63) is 63.9 Å². The van der Waals surface area contributed by atoms with Gasteiger partial charge in [-0.2, -0.15) is 0 Å². The molecule has 20 heavy (non-hydrogen) atoms. The maximum absolute atomic E-state index is 13.2. The van der Waals surface area contributed by atoms with Crippen LogP contribution in [0.25, 0.3) is 0 Å². The Morgan fingerprint density at radius 3 is 2.60 bits per heavy atom. The van der Waals surface area contributed by atoms with Gasteiger partial charge >= 0.3 is 0 Å². The third-order valence-corrected chi connectivity index (χ3v) is 3.75. The first-order valence-corrected chi connectivity index (χ1v) is 6.97. The summed E-state index contributed by atoms with van der Waals surface area (Å²) < 4.78 is 19.2. The van der Waals surface area contributed by atoms with Crippen LogP contribution in [0.5, 0.6) is 5.75 Å². The topological polar surface area (TPSA) is 26.3 Å². The summed E-state index contributed by atoms with van der Waals surface area (Å²) in [6.45, 7) is 0. The second kappa shape index (κ2) is 6.66. The molecule has 0 bridgehead atoms. The van der Waals surface area contributed by atoms with Crippen LogP contribution in [0.15, 0.2) is 46.9 Å². The molecule has 0 saturated carbocycles. The van der Waals surface area contributed by atoms with Crippen LogP contribution in [-0.4, -0.2) is 12.9 Å². The van der Waals surface area contributed by atoms with E-state index in [4.69, 9.17) is 4.74 Å². The second-order valence-corrected chi connectivity index (χ2v) is 5.29. The predicted octanol–water partition coefficient (Wildman–Crippen LogP) is 3.95. The molecule has 104 valence electrons. The molecule has 2 rings (SSSR count). The van der Waals surface area contributed by atoms with Crippen LogP contribution in [-0.2, 0) is 17.6 Å². The summed E-state index contributed by atoms with van der Waals surface area (Å²) in [6, 6.07) is 11.8. The van der Waals surface area contributed by atoms with E-state index >= 15 is 0 Å². The van der Waals surface area contributed by atoms with Crippen molar-refractivity contribution in [1.82, 2.24) is 0 Å². The minimum Gasteiger partial charge on any atom is -0.496 e. The first kappa shape index (κ1) is 14.7. The van der Waals surface area contributed by atoms with Gasteiger partial charge in [-0.25, -0.2) is 4.39 Å². The van der Waals surface area contributed by atoms with Gasteiger partial charge in [-0.05, 0) is 29.8 Å². The van der Waals surface area contributed by atoms with Crippen LogP contribution >= 0.6 is 15.9 Å². The monoisotopic (exact) mass is 336 g/mol. The summed E-state index contributed by atoms with van der Waals surface area (Å²) in [4.78, 5) is 12.1. The average molecular weight is 337 g/mol. The van der Waals surface area contributed by atoms with Gasteiger partial charge in [-0.3, -0.25) is 4.79 Å². The number of rotatable bonds is 5. The molecule has 0 spiro atoms. The van der Waals surface area contributed by atoms with E-state index in [0.717, 1.165) is 10.0 Å².